The first-order chi connectivity index (χ1) is 4.85. The van der Waals surface area contributed by atoms with Gasteiger partial charge in [-0.3, -0.25) is 0 Å². The van der Waals surface area contributed by atoms with Crippen molar-refractivity contribution in [2.45, 2.75) is 26.7 Å². The first-order valence-electron chi connectivity index (χ1n) is 4.18. The standard InChI is InChI=1S/C8H19NO.V/c1-3-6-9(4-2)7-5-8-10;/h10H,3-8H2,1-2H3;. The van der Waals surface area contributed by atoms with Crippen LogP contribution in [0.15, 0.2) is 0 Å². The van der Waals surface area contributed by atoms with Crippen LogP contribution in [0.2, 0.25) is 0 Å². The Morgan fingerprint density at radius 3 is 2.18 bits per heavy atom. The molecule has 0 rings (SSSR count). The van der Waals surface area contributed by atoms with E-state index in [1.807, 2.05) is 0 Å². The van der Waals surface area contributed by atoms with Crippen molar-refractivity contribution < 1.29 is 23.7 Å². The fourth-order valence-electron chi connectivity index (χ4n) is 1.04. The summed E-state index contributed by atoms with van der Waals surface area (Å²) in [6, 6.07) is 0. The molecule has 0 atom stereocenters. The smallest absolute Gasteiger partial charge is 0.0443 e. The minimum atomic E-state index is 0. The third-order valence-corrected chi connectivity index (χ3v) is 1.62. The summed E-state index contributed by atoms with van der Waals surface area (Å²) in [6.07, 6.45) is 2.12. The molecular weight excluding hydrogens is 177 g/mol. The molecule has 0 aromatic rings. The predicted molar refractivity (Wildman–Crippen MR) is 44.1 cm³/mol. The zero-order valence-electron chi connectivity index (χ0n) is 7.58. The molecule has 0 amide bonds. The van der Waals surface area contributed by atoms with Gasteiger partial charge in [-0.2, -0.15) is 0 Å². The van der Waals surface area contributed by atoms with Crippen molar-refractivity contribution in [1.29, 1.82) is 0 Å². The molecule has 0 aliphatic heterocycles. The molecule has 0 unspecified atom stereocenters. The van der Waals surface area contributed by atoms with Gasteiger partial charge >= 0.3 is 0 Å². The Morgan fingerprint density at radius 2 is 1.82 bits per heavy atom. The van der Waals surface area contributed by atoms with E-state index in [0.29, 0.717) is 6.61 Å². The summed E-state index contributed by atoms with van der Waals surface area (Å²) in [4.78, 5) is 2.36. The second-order valence-electron chi connectivity index (χ2n) is 2.51. The first kappa shape index (κ1) is 14.1. The molecule has 2 nitrogen and oxygen atoms in total. The van der Waals surface area contributed by atoms with Crippen molar-refractivity contribution >= 4 is 0 Å². The van der Waals surface area contributed by atoms with Crippen LogP contribution < -0.4 is 0 Å². The molecule has 1 radical (unpaired) electrons. The average Bonchev–Trinajstić information content (AvgIpc) is 1.98. The first-order valence-corrected chi connectivity index (χ1v) is 4.18. The van der Waals surface area contributed by atoms with E-state index < -0.39 is 0 Å². The molecule has 0 aromatic heterocycles. The van der Waals surface area contributed by atoms with Gasteiger partial charge in [-0.15, -0.1) is 0 Å². The van der Waals surface area contributed by atoms with Gasteiger partial charge in [0.25, 0.3) is 0 Å². The van der Waals surface area contributed by atoms with E-state index in [4.69, 9.17) is 5.11 Å². The monoisotopic (exact) mass is 196 g/mol. The molecule has 11 heavy (non-hydrogen) atoms. The summed E-state index contributed by atoms with van der Waals surface area (Å²) >= 11 is 0. The Morgan fingerprint density at radius 1 is 1.18 bits per heavy atom. The van der Waals surface area contributed by atoms with Gasteiger partial charge in [-0.1, -0.05) is 13.8 Å². The van der Waals surface area contributed by atoms with Gasteiger partial charge in [0.15, 0.2) is 0 Å². The largest absolute Gasteiger partial charge is 0.396 e. The minimum Gasteiger partial charge on any atom is -0.396 e. The maximum absolute atomic E-state index is 8.55. The molecule has 0 fully saturated rings. The van der Waals surface area contributed by atoms with E-state index >= 15 is 0 Å². The van der Waals surface area contributed by atoms with Gasteiger partial charge in [0, 0.05) is 31.7 Å². The number of rotatable bonds is 6. The maximum atomic E-state index is 8.55. The number of hydrogen-bond donors (Lipinski definition) is 1. The normalized spacial score (nSPS) is 9.82. The molecule has 0 aromatic carbocycles. The Hall–Kier alpha value is 0.504. The minimum absolute atomic E-state index is 0. The molecule has 0 heterocycles. The zero-order valence-corrected chi connectivity index (χ0v) is 8.98. The number of hydrogen-bond acceptors (Lipinski definition) is 2. The van der Waals surface area contributed by atoms with Crippen LogP contribution in [0.25, 0.3) is 0 Å². The van der Waals surface area contributed by atoms with Crippen molar-refractivity contribution in [2.75, 3.05) is 26.2 Å². The van der Waals surface area contributed by atoms with Crippen LogP contribution in [-0.2, 0) is 18.6 Å². The summed E-state index contributed by atoms with van der Waals surface area (Å²) in [5.41, 5.74) is 0. The fourth-order valence-corrected chi connectivity index (χ4v) is 1.04. The topological polar surface area (TPSA) is 23.5 Å². The molecule has 0 bridgehead atoms. The number of nitrogens with zero attached hydrogens (tertiary/aromatic N) is 1. The Kier molecular flexibility index (Phi) is 13.4. The molecule has 0 aliphatic rings. The van der Waals surface area contributed by atoms with Gasteiger partial charge in [0.05, 0.1) is 0 Å². The summed E-state index contributed by atoms with van der Waals surface area (Å²) in [7, 11) is 0. The fraction of sp³-hybridized carbons (Fsp3) is 1.00. The second kappa shape index (κ2) is 10.5. The van der Waals surface area contributed by atoms with E-state index in [2.05, 4.69) is 18.7 Å². The number of aliphatic hydroxyl groups excluding tert-OH is 1. The van der Waals surface area contributed by atoms with Gasteiger partial charge in [0.1, 0.15) is 0 Å². The molecule has 0 aliphatic carbocycles. The third kappa shape index (κ3) is 8.41. The van der Waals surface area contributed by atoms with Crippen molar-refractivity contribution in [3.63, 3.8) is 0 Å². The molecule has 0 saturated heterocycles. The summed E-state index contributed by atoms with van der Waals surface area (Å²) in [5.74, 6) is 0. The van der Waals surface area contributed by atoms with Crippen LogP contribution in [0, 0.1) is 0 Å². The molecule has 3 heteroatoms. The third-order valence-electron chi connectivity index (χ3n) is 1.62. The van der Waals surface area contributed by atoms with Gasteiger partial charge in [-0.05, 0) is 25.9 Å². The van der Waals surface area contributed by atoms with Crippen molar-refractivity contribution in [3.8, 4) is 0 Å². The molecule has 67 valence electrons. The van der Waals surface area contributed by atoms with Crippen LogP contribution in [0.5, 0.6) is 0 Å². The summed E-state index contributed by atoms with van der Waals surface area (Å²) < 4.78 is 0. The van der Waals surface area contributed by atoms with Gasteiger partial charge in [0.2, 0.25) is 0 Å². The van der Waals surface area contributed by atoms with Crippen molar-refractivity contribution in [1.82, 2.24) is 4.90 Å². The quantitative estimate of drug-likeness (QED) is 0.687. The zero-order chi connectivity index (χ0) is 7.82. The molecular formula is C8H19NOV. The maximum Gasteiger partial charge on any atom is 0.0443 e. The Balaban J connectivity index is 0. The summed E-state index contributed by atoms with van der Waals surface area (Å²) in [5, 5.41) is 8.55. The van der Waals surface area contributed by atoms with Crippen molar-refractivity contribution in [2.24, 2.45) is 0 Å². The molecule has 1 N–H and O–H groups in total. The Labute approximate surface area is 81.9 Å². The van der Waals surface area contributed by atoms with E-state index in [1.54, 1.807) is 0 Å². The van der Waals surface area contributed by atoms with Gasteiger partial charge in [-0.25, -0.2) is 0 Å². The number of aliphatic hydroxyl groups is 1. The van der Waals surface area contributed by atoms with E-state index in [0.717, 1.165) is 26.1 Å². The van der Waals surface area contributed by atoms with E-state index in [9.17, 15) is 0 Å². The SMILES string of the molecule is CCCN(CC)CCCO.[V]. The van der Waals surface area contributed by atoms with E-state index in [-0.39, 0.29) is 18.6 Å². The van der Waals surface area contributed by atoms with Crippen LogP contribution in [0.3, 0.4) is 0 Å². The van der Waals surface area contributed by atoms with Crippen LogP contribution in [-0.4, -0.2) is 36.2 Å². The van der Waals surface area contributed by atoms with Crippen LogP contribution in [0.1, 0.15) is 26.7 Å². The van der Waals surface area contributed by atoms with Crippen LogP contribution >= 0.6 is 0 Å². The average molecular weight is 196 g/mol. The second-order valence-corrected chi connectivity index (χ2v) is 2.51. The van der Waals surface area contributed by atoms with Gasteiger partial charge < -0.3 is 10.0 Å². The van der Waals surface area contributed by atoms with Crippen molar-refractivity contribution in [3.05, 3.63) is 0 Å². The van der Waals surface area contributed by atoms with E-state index in [1.165, 1.54) is 6.42 Å². The molecule has 0 spiro atoms. The molecule has 0 saturated carbocycles. The summed E-state index contributed by atoms with van der Waals surface area (Å²) in [6.45, 7) is 7.97. The van der Waals surface area contributed by atoms with Crippen LogP contribution in [0.4, 0.5) is 0 Å². The predicted octanol–water partition coefficient (Wildman–Crippen LogP) is 1.10. The Bertz CT molecular complexity index is 71.1.